The predicted molar refractivity (Wildman–Crippen MR) is 80.4 cm³/mol. The van der Waals surface area contributed by atoms with Gasteiger partial charge in [0, 0.05) is 18.2 Å². The number of pyridine rings is 1. The van der Waals surface area contributed by atoms with Crippen LogP contribution in [0, 0.1) is 0 Å². The molecule has 0 spiro atoms. The average Bonchev–Trinajstić information content (AvgIpc) is 3.30. The maximum atomic E-state index is 11.8. The van der Waals surface area contributed by atoms with Crippen LogP contribution in [0.3, 0.4) is 0 Å². The molecule has 108 valence electrons. The van der Waals surface area contributed by atoms with Crippen LogP contribution in [0.25, 0.3) is 0 Å². The van der Waals surface area contributed by atoms with Gasteiger partial charge in [-0.3, -0.25) is 4.79 Å². The molecule has 0 bridgehead atoms. The summed E-state index contributed by atoms with van der Waals surface area (Å²) in [6, 6.07) is 6.94. The number of anilines is 2. The molecule has 0 saturated heterocycles. The van der Waals surface area contributed by atoms with Gasteiger partial charge in [0.25, 0.3) is 0 Å². The highest BCUT2D eigenvalue weighted by Crippen LogP contribution is 2.38. The van der Waals surface area contributed by atoms with E-state index in [1.54, 1.807) is 24.4 Å². The van der Waals surface area contributed by atoms with Crippen LogP contribution in [0.5, 0.6) is 0 Å². The molecule has 0 radical (unpaired) electrons. The number of halogens is 1. The monoisotopic (exact) mass is 303 g/mol. The molecule has 7 heteroatoms. The third kappa shape index (κ3) is 3.88. The Hall–Kier alpha value is -2.21. The minimum Gasteiger partial charge on any atom is -0.361 e. The minimum atomic E-state index is -0.198. The summed E-state index contributed by atoms with van der Waals surface area (Å²) >= 11 is 5.97. The Bertz CT molecular complexity index is 645. The minimum absolute atomic E-state index is 0.0913. The van der Waals surface area contributed by atoms with Gasteiger partial charge >= 0.3 is 0 Å². The summed E-state index contributed by atoms with van der Waals surface area (Å²) in [5, 5.41) is 6.03. The Morgan fingerprint density at radius 3 is 2.86 bits per heavy atom. The zero-order valence-corrected chi connectivity index (χ0v) is 12.0. The molecule has 0 aromatic carbocycles. The fourth-order valence-electron chi connectivity index (χ4n) is 1.84. The molecule has 2 heterocycles. The second kappa shape index (κ2) is 6.05. The SMILES string of the molecule is O=C(CNc1cc(Cl)nc(C2CC2)n1)Nc1ccccn1. The molecule has 0 unspecified atom stereocenters. The van der Waals surface area contributed by atoms with Crippen LogP contribution < -0.4 is 10.6 Å². The average molecular weight is 304 g/mol. The molecule has 1 aliphatic carbocycles. The maximum absolute atomic E-state index is 11.8. The van der Waals surface area contributed by atoms with Crippen LogP contribution in [0.1, 0.15) is 24.6 Å². The fraction of sp³-hybridized carbons (Fsp3) is 0.286. The molecular formula is C14H14ClN5O. The summed E-state index contributed by atoms with van der Waals surface area (Å²) in [7, 11) is 0. The van der Waals surface area contributed by atoms with Crippen molar-refractivity contribution < 1.29 is 4.79 Å². The number of amides is 1. The Morgan fingerprint density at radius 1 is 1.29 bits per heavy atom. The van der Waals surface area contributed by atoms with Crippen molar-refractivity contribution in [3.63, 3.8) is 0 Å². The topological polar surface area (TPSA) is 79.8 Å². The molecule has 1 aliphatic rings. The summed E-state index contributed by atoms with van der Waals surface area (Å²) in [6.07, 6.45) is 3.81. The normalized spacial score (nSPS) is 13.8. The second-order valence-electron chi connectivity index (χ2n) is 4.83. The van der Waals surface area contributed by atoms with E-state index >= 15 is 0 Å². The number of nitrogens with zero attached hydrogens (tertiary/aromatic N) is 3. The van der Waals surface area contributed by atoms with E-state index in [1.807, 2.05) is 6.07 Å². The van der Waals surface area contributed by atoms with Crippen molar-refractivity contribution in [3.05, 3.63) is 41.4 Å². The lowest BCUT2D eigenvalue weighted by molar-refractivity contribution is -0.114. The number of aromatic nitrogens is 3. The highest BCUT2D eigenvalue weighted by Gasteiger charge is 2.27. The highest BCUT2D eigenvalue weighted by atomic mass is 35.5. The van der Waals surface area contributed by atoms with E-state index in [9.17, 15) is 4.79 Å². The van der Waals surface area contributed by atoms with Gasteiger partial charge < -0.3 is 10.6 Å². The first kappa shape index (κ1) is 13.8. The van der Waals surface area contributed by atoms with Gasteiger partial charge in [-0.2, -0.15) is 0 Å². The number of hydrogen-bond donors (Lipinski definition) is 2. The number of carbonyl (C=O) groups is 1. The van der Waals surface area contributed by atoms with E-state index in [1.165, 1.54) is 0 Å². The molecule has 1 amide bonds. The van der Waals surface area contributed by atoms with Crippen molar-refractivity contribution in [1.82, 2.24) is 15.0 Å². The molecule has 0 atom stereocenters. The Balaban J connectivity index is 1.58. The van der Waals surface area contributed by atoms with Gasteiger partial charge in [-0.25, -0.2) is 15.0 Å². The standard InChI is InChI=1S/C14H14ClN5O/c15-10-7-12(20-14(18-10)9-4-5-9)17-8-13(21)19-11-3-1-2-6-16-11/h1-3,6-7,9H,4-5,8H2,(H,16,19,21)(H,17,18,20). The van der Waals surface area contributed by atoms with E-state index in [4.69, 9.17) is 11.6 Å². The van der Waals surface area contributed by atoms with Gasteiger partial charge in [-0.05, 0) is 25.0 Å². The third-order valence-electron chi connectivity index (χ3n) is 3.02. The van der Waals surface area contributed by atoms with E-state index in [0.717, 1.165) is 18.7 Å². The van der Waals surface area contributed by atoms with Crippen LogP contribution in [-0.2, 0) is 4.79 Å². The smallest absolute Gasteiger partial charge is 0.244 e. The van der Waals surface area contributed by atoms with Crippen LogP contribution >= 0.6 is 11.6 Å². The van der Waals surface area contributed by atoms with Gasteiger partial charge in [0.05, 0.1) is 6.54 Å². The summed E-state index contributed by atoms with van der Waals surface area (Å²) in [6.45, 7) is 0.0913. The zero-order valence-electron chi connectivity index (χ0n) is 11.2. The second-order valence-corrected chi connectivity index (χ2v) is 5.21. The molecule has 3 rings (SSSR count). The lowest BCUT2D eigenvalue weighted by atomic mass is 10.4. The highest BCUT2D eigenvalue weighted by molar-refractivity contribution is 6.29. The van der Waals surface area contributed by atoms with Gasteiger partial charge in [0.15, 0.2) is 0 Å². The number of hydrogen-bond acceptors (Lipinski definition) is 5. The van der Waals surface area contributed by atoms with Crippen molar-refractivity contribution in [2.45, 2.75) is 18.8 Å². The molecule has 6 nitrogen and oxygen atoms in total. The Labute approximate surface area is 127 Å². The van der Waals surface area contributed by atoms with Crippen LogP contribution in [0.4, 0.5) is 11.6 Å². The summed E-state index contributed by atoms with van der Waals surface area (Å²) < 4.78 is 0. The Morgan fingerprint density at radius 2 is 2.14 bits per heavy atom. The first-order chi connectivity index (χ1) is 10.2. The summed E-state index contributed by atoms with van der Waals surface area (Å²) in [5.74, 6) is 2.04. The van der Waals surface area contributed by atoms with Gasteiger partial charge in [0.1, 0.15) is 22.6 Å². The van der Waals surface area contributed by atoms with Crippen molar-refractivity contribution >= 4 is 29.1 Å². The third-order valence-corrected chi connectivity index (χ3v) is 3.21. The summed E-state index contributed by atoms with van der Waals surface area (Å²) in [4.78, 5) is 24.4. The van der Waals surface area contributed by atoms with E-state index in [2.05, 4.69) is 25.6 Å². The first-order valence-electron chi connectivity index (χ1n) is 6.70. The molecular weight excluding hydrogens is 290 g/mol. The quantitative estimate of drug-likeness (QED) is 0.829. The van der Waals surface area contributed by atoms with Gasteiger partial charge in [-0.15, -0.1) is 0 Å². The predicted octanol–water partition coefficient (Wildman–Crippen LogP) is 2.45. The molecule has 0 aliphatic heterocycles. The lowest BCUT2D eigenvalue weighted by Crippen LogP contribution is -2.22. The van der Waals surface area contributed by atoms with Crippen molar-refractivity contribution in [2.75, 3.05) is 17.2 Å². The first-order valence-corrected chi connectivity index (χ1v) is 7.08. The maximum Gasteiger partial charge on any atom is 0.244 e. The van der Waals surface area contributed by atoms with E-state index in [0.29, 0.717) is 22.7 Å². The van der Waals surface area contributed by atoms with Crippen molar-refractivity contribution in [3.8, 4) is 0 Å². The fourth-order valence-corrected chi connectivity index (χ4v) is 2.03. The molecule has 2 aromatic rings. The number of carbonyl (C=O) groups excluding carboxylic acids is 1. The van der Waals surface area contributed by atoms with Crippen molar-refractivity contribution in [2.24, 2.45) is 0 Å². The van der Waals surface area contributed by atoms with Crippen LogP contribution in [0.2, 0.25) is 5.15 Å². The van der Waals surface area contributed by atoms with E-state index in [-0.39, 0.29) is 12.5 Å². The molecule has 1 fully saturated rings. The van der Waals surface area contributed by atoms with Crippen molar-refractivity contribution in [1.29, 1.82) is 0 Å². The lowest BCUT2D eigenvalue weighted by Gasteiger charge is -2.08. The number of nitrogens with one attached hydrogen (secondary N) is 2. The van der Waals surface area contributed by atoms with Crippen LogP contribution in [-0.4, -0.2) is 27.4 Å². The van der Waals surface area contributed by atoms with Crippen LogP contribution in [0.15, 0.2) is 30.5 Å². The largest absolute Gasteiger partial charge is 0.361 e. The van der Waals surface area contributed by atoms with E-state index < -0.39 is 0 Å². The van der Waals surface area contributed by atoms with Gasteiger partial charge in [-0.1, -0.05) is 17.7 Å². The zero-order chi connectivity index (χ0) is 14.7. The summed E-state index contributed by atoms with van der Waals surface area (Å²) in [5.41, 5.74) is 0. The molecule has 21 heavy (non-hydrogen) atoms. The molecule has 1 saturated carbocycles. The van der Waals surface area contributed by atoms with Gasteiger partial charge in [0.2, 0.25) is 5.91 Å². The molecule has 2 aromatic heterocycles. The molecule has 2 N–H and O–H groups in total. The Kier molecular flexibility index (Phi) is 3.96. The number of rotatable bonds is 5.